The molecule has 0 saturated heterocycles. The van der Waals surface area contributed by atoms with Gasteiger partial charge < -0.3 is 5.73 Å². The quantitative estimate of drug-likeness (QED) is 0.709. The molecule has 0 atom stereocenters. The number of rotatable bonds is 1. The SMILES string of the molecule is Cc1ccc(-n2nc(N)c3cccnc32)cc1C. The van der Waals surface area contributed by atoms with Crippen LogP contribution in [0.3, 0.4) is 0 Å². The molecule has 0 spiro atoms. The summed E-state index contributed by atoms with van der Waals surface area (Å²) < 4.78 is 1.79. The summed E-state index contributed by atoms with van der Waals surface area (Å²) in [5.74, 6) is 0.510. The highest BCUT2D eigenvalue weighted by molar-refractivity contribution is 5.87. The molecule has 18 heavy (non-hydrogen) atoms. The molecule has 0 bridgehead atoms. The third-order valence-electron chi connectivity index (χ3n) is 3.21. The van der Waals surface area contributed by atoms with Crippen molar-refractivity contribution in [3.63, 3.8) is 0 Å². The maximum Gasteiger partial charge on any atom is 0.165 e. The zero-order chi connectivity index (χ0) is 12.7. The Morgan fingerprint density at radius 2 is 1.94 bits per heavy atom. The summed E-state index contributed by atoms with van der Waals surface area (Å²) in [5.41, 5.74) is 10.2. The van der Waals surface area contributed by atoms with E-state index in [0.717, 1.165) is 16.7 Å². The van der Waals surface area contributed by atoms with Gasteiger partial charge in [0.25, 0.3) is 0 Å². The first kappa shape index (κ1) is 10.8. The number of hydrogen-bond donors (Lipinski definition) is 1. The molecular formula is C14H14N4. The number of nitrogens with two attached hydrogens (primary N) is 1. The molecule has 0 saturated carbocycles. The molecule has 0 fully saturated rings. The van der Waals surface area contributed by atoms with Crippen molar-refractivity contribution in [1.29, 1.82) is 0 Å². The molecule has 0 aliphatic rings. The van der Waals surface area contributed by atoms with Crippen LogP contribution in [0.2, 0.25) is 0 Å². The molecule has 0 unspecified atom stereocenters. The van der Waals surface area contributed by atoms with E-state index in [1.807, 2.05) is 18.2 Å². The van der Waals surface area contributed by atoms with Crippen molar-refractivity contribution in [3.05, 3.63) is 47.7 Å². The molecule has 90 valence electrons. The molecule has 2 N–H and O–H groups in total. The predicted molar refractivity (Wildman–Crippen MR) is 72.8 cm³/mol. The Balaban J connectivity index is 2.28. The van der Waals surface area contributed by atoms with Crippen LogP contribution in [0.25, 0.3) is 16.7 Å². The van der Waals surface area contributed by atoms with Gasteiger partial charge in [-0.15, -0.1) is 5.10 Å². The highest BCUT2D eigenvalue weighted by Crippen LogP contribution is 2.22. The molecular weight excluding hydrogens is 224 g/mol. The van der Waals surface area contributed by atoms with Crippen LogP contribution in [-0.4, -0.2) is 14.8 Å². The fraction of sp³-hybridized carbons (Fsp3) is 0.143. The van der Waals surface area contributed by atoms with E-state index in [1.165, 1.54) is 11.1 Å². The standard InChI is InChI=1S/C14H14N4/c1-9-5-6-11(8-10(9)2)18-14-12(13(15)17-18)4-3-7-16-14/h3-8H,1-2H3,(H2,15,17). The number of hydrogen-bond acceptors (Lipinski definition) is 3. The van der Waals surface area contributed by atoms with Crippen molar-refractivity contribution in [2.45, 2.75) is 13.8 Å². The van der Waals surface area contributed by atoms with Gasteiger partial charge in [0.05, 0.1) is 11.1 Å². The number of aromatic nitrogens is 3. The van der Waals surface area contributed by atoms with E-state index >= 15 is 0 Å². The lowest BCUT2D eigenvalue weighted by Crippen LogP contribution is -1.99. The maximum atomic E-state index is 5.91. The molecule has 3 aromatic rings. The van der Waals surface area contributed by atoms with Crippen LogP contribution in [0, 0.1) is 13.8 Å². The second-order valence-corrected chi connectivity index (χ2v) is 4.44. The minimum Gasteiger partial charge on any atom is -0.382 e. The Hall–Kier alpha value is -2.36. The van der Waals surface area contributed by atoms with Gasteiger partial charge >= 0.3 is 0 Å². The largest absolute Gasteiger partial charge is 0.382 e. The molecule has 4 nitrogen and oxygen atoms in total. The Labute approximate surface area is 105 Å². The number of nitrogens with zero attached hydrogens (tertiary/aromatic N) is 3. The van der Waals surface area contributed by atoms with Crippen LogP contribution in [0.5, 0.6) is 0 Å². The number of benzene rings is 1. The van der Waals surface area contributed by atoms with Gasteiger partial charge in [0.15, 0.2) is 11.5 Å². The van der Waals surface area contributed by atoms with Gasteiger partial charge in [-0.05, 0) is 49.2 Å². The fourth-order valence-electron chi connectivity index (χ4n) is 2.01. The van der Waals surface area contributed by atoms with Crippen molar-refractivity contribution in [2.24, 2.45) is 0 Å². The van der Waals surface area contributed by atoms with Crippen LogP contribution in [0.4, 0.5) is 5.82 Å². The molecule has 0 radical (unpaired) electrons. The van der Waals surface area contributed by atoms with Crippen molar-refractivity contribution < 1.29 is 0 Å². The molecule has 2 aromatic heterocycles. The molecule has 2 heterocycles. The number of aryl methyl sites for hydroxylation is 2. The number of pyridine rings is 1. The van der Waals surface area contributed by atoms with E-state index < -0.39 is 0 Å². The van der Waals surface area contributed by atoms with Crippen molar-refractivity contribution in [1.82, 2.24) is 14.8 Å². The molecule has 3 rings (SSSR count). The van der Waals surface area contributed by atoms with Crippen molar-refractivity contribution in [2.75, 3.05) is 5.73 Å². The summed E-state index contributed by atoms with van der Waals surface area (Å²) in [4.78, 5) is 4.35. The van der Waals surface area contributed by atoms with E-state index in [0.29, 0.717) is 5.82 Å². The van der Waals surface area contributed by atoms with Gasteiger partial charge in [0.2, 0.25) is 0 Å². The van der Waals surface area contributed by atoms with E-state index in [2.05, 4.69) is 36.1 Å². The Morgan fingerprint density at radius 1 is 1.11 bits per heavy atom. The normalized spacial score (nSPS) is 11.0. The first-order valence-electron chi connectivity index (χ1n) is 5.83. The molecule has 4 heteroatoms. The third-order valence-corrected chi connectivity index (χ3v) is 3.21. The van der Waals surface area contributed by atoms with Gasteiger partial charge in [-0.1, -0.05) is 6.07 Å². The lowest BCUT2D eigenvalue weighted by molar-refractivity contribution is 0.900. The zero-order valence-corrected chi connectivity index (χ0v) is 10.4. The highest BCUT2D eigenvalue weighted by atomic mass is 15.3. The van der Waals surface area contributed by atoms with E-state index in [9.17, 15) is 0 Å². The van der Waals surface area contributed by atoms with Crippen LogP contribution in [0.1, 0.15) is 11.1 Å². The van der Waals surface area contributed by atoms with Crippen LogP contribution >= 0.6 is 0 Å². The average Bonchev–Trinajstić information content (AvgIpc) is 2.71. The minimum absolute atomic E-state index is 0.510. The first-order valence-corrected chi connectivity index (χ1v) is 5.83. The van der Waals surface area contributed by atoms with Gasteiger partial charge in [-0.25, -0.2) is 9.67 Å². The first-order chi connectivity index (χ1) is 8.66. The number of nitrogen functional groups attached to an aromatic ring is 1. The van der Waals surface area contributed by atoms with Crippen LogP contribution < -0.4 is 5.73 Å². The maximum absolute atomic E-state index is 5.91. The lowest BCUT2D eigenvalue weighted by atomic mass is 10.1. The number of fused-ring (bicyclic) bond motifs is 1. The summed E-state index contributed by atoms with van der Waals surface area (Å²) in [6, 6.07) is 10.0. The Kier molecular flexibility index (Phi) is 2.30. The second kappa shape index (κ2) is 3.84. The fourth-order valence-corrected chi connectivity index (χ4v) is 2.01. The summed E-state index contributed by atoms with van der Waals surface area (Å²) in [6.07, 6.45) is 1.75. The monoisotopic (exact) mass is 238 g/mol. The second-order valence-electron chi connectivity index (χ2n) is 4.44. The van der Waals surface area contributed by atoms with E-state index in [1.54, 1.807) is 10.9 Å². The molecule has 0 aliphatic heterocycles. The summed E-state index contributed by atoms with van der Waals surface area (Å²) in [6.45, 7) is 4.17. The molecule has 0 aliphatic carbocycles. The Morgan fingerprint density at radius 3 is 2.72 bits per heavy atom. The average molecular weight is 238 g/mol. The van der Waals surface area contributed by atoms with Crippen LogP contribution in [0.15, 0.2) is 36.5 Å². The topological polar surface area (TPSA) is 56.7 Å². The lowest BCUT2D eigenvalue weighted by Gasteiger charge is -2.05. The zero-order valence-electron chi connectivity index (χ0n) is 10.4. The summed E-state index contributed by atoms with van der Waals surface area (Å²) >= 11 is 0. The molecule has 1 aromatic carbocycles. The highest BCUT2D eigenvalue weighted by Gasteiger charge is 2.10. The van der Waals surface area contributed by atoms with Crippen molar-refractivity contribution in [3.8, 4) is 5.69 Å². The smallest absolute Gasteiger partial charge is 0.165 e. The summed E-state index contributed by atoms with van der Waals surface area (Å²) in [7, 11) is 0. The predicted octanol–water partition coefficient (Wildman–Crippen LogP) is 2.62. The minimum atomic E-state index is 0.510. The van der Waals surface area contributed by atoms with Gasteiger partial charge in [0.1, 0.15) is 0 Å². The van der Waals surface area contributed by atoms with Crippen molar-refractivity contribution >= 4 is 16.9 Å². The van der Waals surface area contributed by atoms with Gasteiger partial charge in [-0.2, -0.15) is 0 Å². The third kappa shape index (κ3) is 1.54. The number of anilines is 1. The molecule has 0 amide bonds. The van der Waals surface area contributed by atoms with Crippen LogP contribution in [-0.2, 0) is 0 Å². The van der Waals surface area contributed by atoms with Gasteiger partial charge in [0, 0.05) is 6.20 Å². The summed E-state index contributed by atoms with van der Waals surface area (Å²) in [5, 5.41) is 5.25. The van der Waals surface area contributed by atoms with E-state index in [-0.39, 0.29) is 0 Å². The van der Waals surface area contributed by atoms with E-state index in [4.69, 9.17) is 5.73 Å². The van der Waals surface area contributed by atoms with Gasteiger partial charge in [-0.3, -0.25) is 0 Å². The Bertz CT molecular complexity index is 728.